The molecule has 2 aliphatic rings. The molecule has 0 N–H and O–H groups in total. The van der Waals surface area contributed by atoms with E-state index in [-0.39, 0.29) is 0 Å². The molecular weight excluding hydrogens is 274 g/mol. The summed E-state index contributed by atoms with van der Waals surface area (Å²) in [4.78, 5) is 2.51. The molecule has 22 heavy (non-hydrogen) atoms. The molecule has 1 saturated heterocycles. The van der Waals surface area contributed by atoms with Crippen LogP contribution in [0.15, 0.2) is 18.2 Å². The molecule has 3 rings (SSSR count). The summed E-state index contributed by atoms with van der Waals surface area (Å²) in [7, 11) is 0. The Morgan fingerprint density at radius 1 is 1.23 bits per heavy atom. The molecule has 1 aliphatic heterocycles. The second kappa shape index (κ2) is 7.98. The summed E-state index contributed by atoms with van der Waals surface area (Å²) in [5.41, 5.74) is 2.81. The average Bonchev–Trinajstić information content (AvgIpc) is 3.39. The van der Waals surface area contributed by atoms with Crippen molar-refractivity contribution in [3.05, 3.63) is 29.3 Å². The van der Waals surface area contributed by atoms with Gasteiger partial charge in [-0.05, 0) is 61.8 Å². The number of ether oxygens (including phenoxy) is 2. The van der Waals surface area contributed by atoms with Gasteiger partial charge in [0.05, 0.1) is 19.8 Å². The van der Waals surface area contributed by atoms with Crippen molar-refractivity contribution in [1.82, 2.24) is 4.90 Å². The third kappa shape index (κ3) is 4.72. The maximum Gasteiger partial charge on any atom is 0.122 e. The smallest absolute Gasteiger partial charge is 0.122 e. The zero-order valence-corrected chi connectivity index (χ0v) is 13.9. The SMILES string of the molecule is CCc1ccc(OCC2CC2)c(CCCN2CCOCC2)c1. The van der Waals surface area contributed by atoms with E-state index in [1.165, 1.54) is 36.9 Å². The van der Waals surface area contributed by atoms with Gasteiger partial charge in [0.25, 0.3) is 0 Å². The van der Waals surface area contributed by atoms with Crippen LogP contribution < -0.4 is 4.74 Å². The van der Waals surface area contributed by atoms with Crippen LogP contribution in [0.4, 0.5) is 0 Å². The molecule has 122 valence electrons. The van der Waals surface area contributed by atoms with Gasteiger partial charge in [-0.2, -0.15) is 0 Å². The summed E-state index contributed by atoms with van der Waals surface area (Å²) >= 11 is 0. The molecular formula is C19H29NO2. The molecule has 1 aromatic carbocycles. The average molecular weight is 303 g/mol. The number of nitrogens with zero attached hydrogens (tertiary/aromatic N) is 1. The first-order valence-electron chi connectivity index (χ1n) is 8.90. The second-order valence-corrected chi connectivity index (χ2v) is 6.61. The first kappa shape index (κ1) is 15.8. The molecule has 0 unspecified atom stereocenters. The largest absolute Gasteiger partial charge is 0.493 e. The highest BCUT2D eigenvalue weighted by Gasteiger charge is 2.22. The highest BCUT2D eigenvalue weighted by Crippen LogP contribution is 2.31. The summed E-state index contributed by atoms with van der Waals surface area (Å²) in [6, 6.07) is 6.75. The van der Waals surface area contributed by atoms with Crippen LogP contribution in [0.3, 0.4) is 0 Å². The Hall–Kier alpha value is -1.06. The van der Waals surface area contributed by atoms with Crippen molar-refractivity contribution in [3.8, 4) is 5.75 Å². The van der Waals surface area contributed by atoms with Crippen molar-refractivity contribution < 1.29 is 9.47 Å². The Balaban J connectivity index is 1.54. The molecule has 0 aromatic heterocycles. The van der Waals surface area contributed by atoms with Crippen molar-refractivity contribution in [3.63, 3.8) is 0 Å². The normalized spacial score (nSPS) is 19.3. The first-order chi connectivity index (χ1) is 10.8. The number of hydrogen-bond donors (Lipinski definition) is 0. The Kier molecular flexibility index (Phi) is 5.74. The molecule has 2 fully saturated rings. The Morgan fingerprint density at radius 3 is 2.77 bits per heavy atom. The number of aryl methyl sites for hydroxylation is 2. The van der Waals surface area contributed by atoms with Gasteiger partial charge in [0.2, 0.25) is 0 Å². The highest BCUT2D eigenvalue weighted by molar-refractivity contribution is 5.37. The van der Waals surface area contributed by atoms with Crippen LogP contribution in [-0.4, -0.2) is 44.4 Å². The van der Waals surface area contributed by atoms with Crippen LogP contribution in [0.5, 0.6) is 5.75 Å². The summed E-state index contributed by atoms with van der Waals surface area (Å²) in [6.07, 6.45) is 6.11. The van der Waals surface area contributed by atoms with Crippen LogP contribution in [0.25, 0.3) is 0 Å². The van der Waals surface area contributed by atoms with Gasteiger partial charge in [0.15, 0.2) is 0 Å². The van der Waals surface area contributed by atoms with E-state index in [0.29, 0.717) is 0 Å². The molecule has 0 spiro atoms. The number of benzene rings is 1. The summed E-state index contributed by atoms with van der Waals surface area (Å²) in [5, 5.41) is 0. The van der Waals surface area contributed by atoms with Gasteiger partial charge in [-0.3, -0.25) is 4.90 Å². The molecule has 1 heterocycles. The molecule has 3 nitrogen and oxygen atoms in total. The molecule has 0 radical (unpaired) electrons. The second-order valence-electron chi connectivity index (χ2n) is 6.61. The zero-order chi connectivity index (χ0) is 15.2. The lowest BCUT2D eigenvalue weighted by atomic mass is 10.0. The summed E-state index contributed by atoms with van der Waals surface area (Å²) in [5.74, 6) is 1.93. The van der Waals surface area contributed by atoms with Gasteiger partial charge in [-0.1, -0.05) is 19.1 Å². The van der Waals surface area contributed by atoms with E-state index < -0.39 is 0 Å². The molecule has 0 atom stereocenters. The maximum atomic E-state index is 6.07. The monoisotopic (exact) mass is 303 g/mol. The molecule has 1 saturated carbocycles. The molecule has 1 aromatic rings. The minimum absolute atomic E-state index is 0.812. The third-order valence-corrected chi connectivity index (χ3v) is 4.73. The lowest BCUT2D eigenvalue weighted by Crippen LogP contribution is -2.36. The van der Waals surface area contributed by atoms with Gasteiger partial charge in [-0.25, -0.2) is 0 Å². The molecule has 1 aliphatic carbocycles. The first-order valence-corrected chi connectivity index (χ1v) is 8.90. The molecule has 0 amide bonds. The van der Waals surface area contributed by atoms with Crippen molar-refractivity contribution in [2.24, 2.45) is 5.92 Å². The van der Waals surface area contributed by atoms with E-state index in [9.17, 15) is 0 Å². The van der Waals surface area contributed by atoms with E-state index in [2.05, 4.69) is 30.0 Å². The van der Waals surface area contributed by atoms with Crippen LogP contribution in [-0.2, 0) is 17.6 Å². The molecule has 0 bridgehead atoms. The fraction of sp³-hybridized carbons (Fsp3) is 0.684. The predicted molar refractivity (Wildman–Crippen MR) is 89.6 cm³/mol. The summed E-state index contributed by atoms with van der Waals surface area (Å²) in [6.45, 7) is 8.24. The predicted octanol–water partition coefficient (Wildman–Crippen LogP) is 3.30. The standard InChI is InChI=1S/C19H29NO2/c1-2-16-7-8-19(22-15-17-5-6-17)18(14-16)4-3-9-20-10-12-21-13-11-20/h7-8,14,17H,2-6,9-13,15H2,1H3. The van der Waals surface area contributed by atoms with E-state index in [1.54, 1.807) is 0 Å². The van der Waals surface area contributed by atoms with Gasteiger partial charge >= 0.3 is 0 Å². The fourth-order valence-corrected chi connectivity index (χ4v) is 3.00. The topological polar surface area (TPSA) is 21.7 Å². The van der Waals surface area contributed by atoms with Crippen molar-refractivity contribution in [1.29, 1.82) is 0 Å². The Bertz CT molecular complexity index is 465. The van der Waals surface area contributed by atoms with E-state index in [1.807, 2.05) is 0 Å². The zero-order valence-electron chi connectivity index (χ0n) is 13.9. The summed E-state index contributed by atoms with van der Waals surface area (Å²) < 4.78 is 11.5. The van der Waals surface area contributed by atoms with Crippen LogP contribution in [0.2, 0.25) is 0 Å². The van der Waals surface area contributed by atoms with Crippen LogP contribution >= 0.6 is 0 Å². The van der Waals surface area contributed by atoms with Crippen LogP contribution in [0, 0.1) is 5.92 Å². The number of rotatable bonds is 8. The third-order valence-electron chi connectivity index (χ3n) is 4.73. The van der Waals surface area contributed by atoms with Gasteiger partial charge < -0.3 is 9.47 Å². The lowest BCUT2D eigenvalue weighted by molar-refractivity contribution is 0.0374. The Morgan fingerprint density at radius 2 is 2.05 bits per heavy atom. The van der Waals surface area contributed by atoms with E-state index in [4.69, 9.17) is 9.47 Å². The quantitative estimate of drug-likeness (QED) is 0.735. The molecule has 3 heteroatoms. The van der Waals surface area contributed by atoms with E-state index in [0.717, 1.165) is 57.4 Å². The number of morpholine rings is 1. The van der Waals surface area contributed by atoms with Crippen molar-refractivity contribution in [2.75, 3.05) is 39.5 Å². The van der Waals surface area contributed by atoms with Gasteiger partial charge in [-0.15, -0.1) is 0 Å². The van der Waals surface area contributed by atoms with Crippen LogP contribution in [0.1, 0.15) is 37.3 Å². The highest BCUT2D eigenvalue weighted by atomic mass is 16.5. The minimum atomic E-state index is 0.812. The van der Waals surface area contributed by atoms with Gasteiger partial charge in [0.1, 0.15) is 5.75 Å². The Labute approximate surface area is 134 Å². The van der Waals surface area contributed by atoms with Gasteiger partial charge in [0, 0.05) is 13.1 Å². The minimum Gasteiger partial charge on any atom is -0.493 e. The van der Waals surface area contributed by atoms with E-state index >= 15 is 0 Å². The fourth-order valence-electron chi connectivity index (χ4n) is 3.00. The lowest BCUT2D eigenvalue weighted by Gasteiger charge is -2.26. The number of hydrogen-bond acceptors (Lipinski definition) is 3. The maximum absolute atomic E-state index is 6.07. The van der Waals surface area contributed by atoms with Crippen molar-refractivity contribution in [2.45, 2.75) is 39.0 Å². The van der Waals surface area contributed by atoms with Crippen molar-refractivity contribution >= 4 is 0 Å².